The Morgan fingerprint density at radius 3 is 2.11 bits per heavy atom. The second kappa shape index (κ2) is 8.61. The predicted molar refractivity (Wildman–Crippen MR) is 99.8 cm³/mol. The number of ether oxygens (including phenoxy) is 1. The first-order chi connectivity index (χ1) is 13.4. The zero-order chi connectivity index (χ0) is 20.0. The van der Waals surface area contributed by atoms with Crippen LogP contribution in [0.3, 0.4) is 0 Å². The van der Waals surface area contributed by atoms with Crippen LogP contribution >= 0.6 is 0 Å². The molecular weight excluding hydrogens is 367 g/mol. The Morgan fingerprint density at radius 2 is 1.43 bits per heavy atom. The van der Waals surface area contributed by atoms with Gasteiger partial charge < -0.3 is 10.1 Å². The van der Waals surface area contributed by atoms with Gasteiger partial charge in [-0.2, -0.15) is 13.2 Å². The van der Waals surface area contributed by atoms with Gasteiger partial charge in [-0.05, 0) is 35.4 Å². The Bertz CT molecular complexity index is 923. The highest BCUT2D eigenvalue weighted by Crippen LogP contribution is 2.31. The van der Waals surface area contributed by atoms with Gasteiger partial charge in [-0.1, -0.05) is 54.6 Å². The molecule has 0 radical (unpaired) electrons. The minimum absolute atomic E-state index is 0.130. The van der Waals surface area contributed by atoms with Crippen LogP contribution in [0.2, 0.25) is 0 Å². The van der Waals surface area contributed by atoms with E-state index in [-0.39, 0.29) is 12.1 Å². The molecule has 1 N–H and O–H groups in total. The van der Waals surface area contributed by atoms with Crippen LogP contribution in [0.4, 0.5) is 13.2 Å². The normalized spacial score (nSPS) is 11.1. The molecule has 6 heteroatoms. The fraction of sp³-hybridized carbons (Fsp3) is 0.136. The number of carbonyl (C=O) groups excluding carboxylic acids is 1. The van der Waals surface area contributed by atoms with Crippen LogP contribution < -0.4 is 10.1 Å². The van der Waals surface area contributed by atoms with Crippen molar-refractivity contribution in [1.29, 1.82) is 0 Å². The maximum absolute atomic E-state index is 13.0. The molecule has 3 aromatic carbocycles. The molecule has 0 saturated heterocycles. The average molecular weight is 385 g/mol. The summed E-state index contributed by atoms with van der Waals surface area (Å²) in [5, 5.41) is 2.53. The zero-order valence-corrected chi connectivity index (χ0v) is 14.9. The van der Waals surface area contributed by atoms with Gasteiger partial charge in [0, 0.05) is 6.54 Å². The van der Waals surface area contributed by atoms with E-state index in [4.69, 9.17) is 4.74 Å². The Hall–Kier alpha value is -3.28. The number of rotatable bonds is 6. The Kier molecular flexibility index (Phi) is 5.99. The molecule has 0 unspecified atom stereocenters. The van der Waals surface area contributed by atoms with Crippen molar-refractivity contribution in [2.45, 2.75) is 19.3 Å². The molecule has 3 rings (SSSR count). The lowest BCUT2D eigenvalue weighted by atomic mass is 10.1. The van der Waals surface area contributed by atoms with E-state index in [1.807, 2.05) is 42.5 Å². The molecule has 1 amide bonds. The van der Waals surface area contributed by atoms with Gasteiger partial charge >= 0.3 is 6.18 Å². The summed E-state index contributed by atoms with van der Waals surface area (Å²) in [6.07, 6.45) is -4.58. The molecule has 28 heavy (non-hydrogen) atoms. The SMILES string of the molecule is O=C(NCc1ccc(COc2ccccc2)cc1)c1ccccc1C(F)(F)F. The molecule has 0 aromatic heterocycles. The van der Waals surface area contributed by atoms with Gasteiger partial charge in [0.2, 0.25) is 0 Å². The van der Waals surface area contributed by atoms with Crippen molar-refractivity contribution in [3.63, 3.8) is 0 Å². The number of carbonyl (C=O) groups is 1. The summed E-state index contributed by atoms with van der Waals surface area (Å²) in [5.41, 5.74) is 0.395. The molecule has 3 aromatic rings. The first-order valence-electron chi connectivity index (χ1n) is 8.63. The second-order valence-electron chi connectivity index (χ2n) is 6.14. The van der Waals surface area contributed by atoms with E-state index in [1.165, 1.54) is 18.2 Å². The molecule has 0 atom stereocenters. The van der Waals surface area contributed by atoms with Crippen LogP contribution in [0.15, 0.2) is 78.9 Å². The van der Waals surface area contributed by atoms with Crippen LogP contribution in [0, 0.1) is 0 Å². The number of para-hydroxylation sites is 1. The van der Waals surface area contributed by atoms with Crippen molar-refractivity contribution in [2.24, 2.45) is 0 Å². The lowest BCUT2D eigenvalue weighted by molar-refractivity contribution is -0.137. The van der Waals surface area contributed by atoms with E-state index in [2.05, 4.69) is 5.32 Å². The molecule has 0 bridgehead atoms. The first-order valence-corrected chi connectivity index (χ1v) is 8.63. The molecule has 0 saturated carbocycles. The topological polar surface area (TPSA) is 38.3 Å². The molecule has 0 spiro atoms. The molecule has 0 aliphatic carbocycles. The van der Waals surface area contributed by atoms with Gasteiger partial charge in [0.05, 0.1) is 11.1 Å². The van der Waals surface area contributed by atoms with Crippen LogP contribution in [-0.4, -0.2) is 5.91 Å². The number of benzene rings is 3. The number of amides is 1. The highest BCUT2D eigenvalue weighted by Gasteiger charge is 2.34. The zero-order valence-electron chi connectivity index (χ0n) is 14.9. The van der Waals surface area contributed by atoms with Crippen LogP contribution in [-0.2, 0) is 19.3 Å². The van der Waals surface area contributed by atoms with Gasteiger partial charge in [0.25, 0.3) is 5.91 Å². The van der Waals surface area contributed by atoms with Crippen molar-refractivity contribution in [3.05, 3.63) is 101 Å². The number of halogens is 3. The fourth-order valence-electron chi connectivity index (χ4n) is 2.64. The average Bonchev–Trinajstić information content (AvgIpc) is 2.71. The summed E-state index contributed by atoms with van der Waals surface area (Å²) < 4.78 is 44.7. The molecule has 0 aliphatic rings. The van der Waals surface area contributed by atoms with Crippen molar-refractivity contribution < 1.29 is 22.7 Å². The Morgan fingerprint density at radius 1 is 0.821 bits per heavy atom. The van der Waals surface area contributed by atoms with Crippen molar-refractivity contribution >= 4 is 5.91 Å². The van der Waals surface area contributed by atoms with Crippen LogP contribution in [0.5, 0.6) is 5.75 Å². The maximum atomic E-state index is 13.0. The van der Waals surface area contributed by atoms with Crippen molar-refractivity contribution in [3.8, 4) is 5.75 Å². The third-order valence-electron chi connectivity index (χ3n) is 4.10. The van der Waals surface area contributed by atoms with Crippen molar-refractivity contribution in [1.82, 2.24) is 5.32 Å². The fourth-order valence-corrected chi connectivity index (χ4v) is 2.64. The number of nitrogens with one attached hydrogen (secondary N) is 1. The van der Waals surface area contributed by atoms with E-state index in [0.717, 1.165) is 22.9 Å². The van der Waals surface area contributed by atoms with Gasteiger partial charge in [0.1, 0.15) is 12.4 Å². The summed E-state index contributed by atoms with van der Waals surface area (Å²) in [5.74, 6) is 0.00609. The van der Waals surface area contributed by atoms with E-state index in [1.54, 1.807) is 12.1 Å². The molecule has 0 heterocycles. The van der Waals surface area contributed by atoms with Crippen LogP contribution in [0.1, 0.15) is 27.0 Å². The summed E-state index contributed by atoms with van der Waals surface area (Å²) in [7, 11) is 0. The lowest BCUT2D eigenvalue weighted by Gasteiger charge is -2.13. The van der Waals surface area contributed by atoms with Gasteiger partial charge in [0.15, 0.2) is 0 Å². The summed E-state index contributed by atoms with van der Waals surface area (Å²) in [4.78, 5) is 12.2. The summed E-state index contributed by atoms with van der Waals surface area (Å²) in [6, 6.07) is 21.5. The van der Waals surface area contributed by atoms with Crippen molar-refractivity contribution in [2.75, 3.05) is 0 Å². The van der Waals surface area contributed by atoms with E-state index < -0.39 is 17.6 Å². The largest absolute Gasteiger partial charge is 0.489 e. The standard InChI is InChI=1S/C22H18F3NO2/c23-22(24,25)20-9-5-4-8-19(20)21(27)26-14-16-10-12-17(13-11-16)15-28-18-6-2-1-3-7-18/h1-13H,14-15H2,(H,26,27). The lowest BCUT2D eigenvalue weighted by Crippen LogP contribution is -2.25. The number of hydrogen-bond acceptors (Lipinski definition) is 2. The first kappa shape index (κ1) is 19.5. The Balaban J connectivity index is 1.57. The Labute approximate surface area is 160 Å². The van der Waals surface area contributed by atoms with Gasteiger partial charge in [-0.25, -0.2) is 0 Å². The monoisotopic (exact) mass is 385 g/mol. The predicted octanol–water partition coefficient (Wildman–Crippen LogP) is 5.21. The third kappa shape index (κ3) is 5.13. The highest BCUT2D eigenvalue weighted by molar-refractivity contribution is 5.95. The van der Waals surface area contributed by atoms with Gasteiger partial charge in [-0.3, -0.25) is 4.79 Å². The molecular formula is C22H18F3NO2. The quantitative estimate of drug-likeness (QED) is 0.632. The highest BCUT2D eigenvalue weighted by atomic mass is 19.4. The summed E-state index contributed by atoms with van der Waals surface area (Å²) in [6.45, 7) is 0.528. The molecule has 0 fully saturated rings. The van der Waals surface area contributed by atoms with E-state index in [9.17, 15) is 18.0 Å². The summed E-state index contributed by atoms with van der Waals surface area (Å²) >= 11 is 0. The minimum Gasteiger partial charge on any atom is -0.489 e. The van der Waals surface area contributed by atoms with Gasteiger partial charge in [-0.15, -0.1) is 0 Å². The number of hydrogen-bond donors (Lipinski definition) is 1. The third-order valence-corrected chi connectivity index (χ3v) is 4.10. The van der Waals surface area contributed by atoms with E-state index in [0.29, 0.717) is 6.61 Å². The smallest absolute Gasteiger partial charge is 0.417 e. The molecule has 0 aliphatic heterocycles. The number of alkyl halides is 3. The second-order valence-corrected chi connectivity index (χ2v) is 6.14. The van der Waals surface area contributed by atoms with Crippen LogP contribution in [0.25, 0.3) is 0 Å². The maximum Gasteiger partial charge on any atom is 0.417 e. The molecule has 144 valence electrons. The minimum atomic E-state index is -4.58. The van der Waals surface area contributed by atoms with E-state index >= 15 is 0 Å². The molecule has 3 nitrogen and oxygen atoms in total.